The van der Waals surface area contributed by atoms with Gasteiger partial charge in [-0.3, -0.25) is 4.90 Å². The van der Waals surface area contributed by atoms with E-state index in [2.05, 4.69) is 5.32 Å². The average Bonchev–Trinajstić information content (AvgIpc) is 2.71. The molecule has 2 aliphatic heterocycles. The van der Waals surface area contributed by atoms with Crippen molar-refractivity contribution in [2.24, 2.45) is 5.92 Å². The van der Waals surface area contributed by atoms with Crippen LogP contribution in [-0.2, 0) is 4.74 Å². The number of amides is 1. The number of ether oxygens (including phenoxy) is 1. The summed E-state index contributed by atoms with van der Waals surface area (Å²) < 4.78 is 43.6. The van der Waals surface area contributed by atoms with Gasteiger partial charge in [-0.2, -0.15) is 13.2 Å². The van der Waals surface area contributed by atoms with Crippen molar-refractivity contribution in [3.05, 3.63) is 0 Å². The number of alkyl halides is 3. The summed E-state index contributed by atoms with van der Waals surface area (Å²) >= 11 is 0. The van der Waals surface area contributed by atoms with Gasteiger partial charge in [0, 0.05) is 12.1 Å². The largest absolute Gasteiger partial charge is 0.443 e. The van der Waals surface area contributed by atoms with Crippen molar-refractivity contribution in [1.29, 1.82) is 0 Å². The predicted octanol–water partition coefficient (Wildman–Crippen LogP) is 1.76. The Hall–Kier alpha value is -0.980. The highest BCUT2D eigenvalue weighted by Gasteiger charge is 2.55. The second-order valence-electron chi connectivity index (χ2n) is 5.39. The summed E-state index contributed by atoms with van der Waals surface area (Å²) in [6, 6.07) is 0. The maximum Gasteiger partial charge on any atom is 0.407 e. The highest BCUT2D eigenvalue weighted by atomic mass is 19.4. The van der Waals surface area contributed by atoms with Gasteiger partial charge < -0.3 is 10.1 Å². The molecule has 0 aromatic carbocycles. The van der Waals surface area contributed by atoms with E-state index in [1.165, 1.54) is 0 Å². The number of nitrogens with zero attached hydrogens (tertiary/aromatic N) is 1. The maximum absolute atomic E-state index is 12.9. The Morgan fingerprint density at radius 2 is 2.17 bits per heavy atom. The van der Waals surface area contributed by atoms with Crippen LogP contribution in [0.4, 0.5) is 18.0 Å². The first kappa shape index (κ1) is 13.5. The van der Waals surface area contributed by atoms with Gasteiger partial charge in [0.05, 0.1) is 12.5 Å². The Balaban J connectivity index is 2.01. The Morgan fingerprint density at radius 3 is 2.61 bits per heavy atom. The molecule has 0 radical (unpaired) electrons. The summed E-state index contributed by atoms with van der Waals surface area (Å²) in [5.41, 5.74) is -0.951. The molecule has 0 spiro atoms. The van der Waals surface area contributed by atoms with Gasteiger partial charge in [0.15, 0.2) is 0 Å². The third-order valence-corrected chi connectivity index (χ3v) is 3.92. The lowest BCUT2D eigenvalue weighted by Gasteiger charge is -2.37. The zero-order valence-electron chi connectivity index (χ0n) is 10.4. The molecule has 2 atom stereocenters. The number of carbonyl (C=O) groups excluding carboxylic acids is 1. The molecular formula is C11H17F3N2O2. The second kappa shape index (κ2) is 4.29. The smallest absolute Gasteiger partial charge is 0.407 e. The van der Waals surface area contributed by atoms with E-state index in [0.29, 0.717) is 19.6 Å². The van der Waals surface area contributed by atoms with Crippen LogP contribution >= 0.6 is 0 Å². The predicted molar refractivity (Wildman–Crippen MR) is 58.1 cm³/mol. The minimum atomic E-state index is -4.18. The molecule has 1 N–H and O–H groups in total. The van der Waals surface area contributed by atoms with E-state index < -0.39 is 23.7 Å². The molecule has 18 heavy (non-hydrogen) atoms. The van der Waals surface area contributed by atoms with Gasteiger partial charge >= 0.3 is 12.3 Å². The molecular weight excluding hydrogens is 249 g/mol. The molecule has 2 fully saturated rings. The summed E-state index contributed by atoms with van der Waals surface area (Å²) in [6.45, 7) is 4.29. The van der Waals surface area contributed by atoms with Crippen molar-refractivity contribution in [1.82, 2.24) is 10.2 Å². The van der Waals surface area contributed by atoms with Crippen molar-refractivity contribution < 1.29 is 22.7 Å². The monoisotopic (exact) mass is 266 g/mol. The number of halogens is 3. The van der Waals surface area contributed by atoms with Crippen LogP contribution in [0.5, 0.6) is 0 Å². The lowest BCUT2D eigenvalue weighted by atomic mass is 9.88. The van der Waals surface area contributed by atoms with Crippen LogP contribution in [-0.4, -0.2) is 48.4 Å². The molecule has 2 saturated heterocycles. The van der Waals surface area contributed by atoms with Crippen LogP contribution in [0, 0.1) is 5.92 Å². The summed E-state index contributed by atoms with van der Waals surface area (Å²) in [6.07, 6.45) is -4.93. The van der Waals surface area contributed by atoms with Crippen LogP contribution in [0.15, 0.2) is 0 Å². The van der Waals surface area contributed by atoms with Crippen molar-refractivity contribution in [2.45, 2.75) is 38.1 Å². The highest BCUT2D eigenvalue weighted by molar-refractivity contribution is 5.69. The third-order valence-electron chi connectivity index (χ3n) is 3.92. The van der Waals surface area contributed by atoms with Crippen LogP contribution in [0.3, 0.4) is 0 Å². The summed E-state index contributed by atoms with van der Waals surface area (Å²) in [4.78, 5) is 12.6. The van der Waals surface area contributed by atoms with Gasteiger partial charge in [-0.15, -0.1) is 0 Å². The molecule has 2 heterocycles. The van der Waals surface area contributed by atoms with Gasteiger partial charge in [0.1, 0.15) is 6.10 Å². The molecule has 0 aliphatic carbocycles. The molecule has 0 aromatic heterocycles. The van der Waals surface area contributed by atoms with E-state index in [1.54, 1.807) is 18.7 Å². The fraction of sp³-hybridized carbons (Fsp3) is 0.909. The van der Waals surface area contributed by atoms with Gasteiger partial charge in [-0.25, -0.2) is 4.79 Å². The Labute approximate surface area is 103 Å². The molecule has 104 valence electrons. The first-order chi connectivity index (χ1) is 8.21. The Bertz CT molecular complexity index is 344. The van der Waals surface area contributed by atoms with Crippen LogP contribution in [0.25, 0.3) is 0 Å². The number of hydrogen-bond acceptors (Lipinski definition) is 3. The molecule has 1 amide bonds. The normalized spacial score (nSPS) is 32.4. The quantitative estimate of drug-likeness (QED) is 0.828. The number of nitrogens with one attached hydrogen (secondary N) is 1. The second-order valence-corrected chi connectivity index (χ2v) is 5.39. The Morgan fingerprint density at radius 1 is 1.50 bits per heavy atom. The van der Waals surface area contributed by atoms with Crippen LogP contribution in [0.1, 0.15) is 20.3 Å². The van der Waals surface area contributed by atoms with E-state index in [1.807, 2.05) is 0 Å². The van der Waals surface area contributed by atoms with Gasteiger partial charge in [-0.05, 0) is 26.8 Å². The molecule has 0 saturated carbocycles. The third kappa shape index (κ3) is 2.41. The van der Waals surface area contributed by atoms with E-state index in [0.717, 1.165) is 0 Å². The van der Waals surface area contributed by atoms with E-state index >= 15 is 0 Å². The number of cyclic esters (lactones) is 1. The first-order valence-electron chi connectivity index (χ1n) is 5.97. The van der Waals surface area contributed by atoms with E-state index in [-0.39, 0.29) is 12.5 Å². The minimum Gasteiger partial charge on any atom is -0.443 e. The minimum absolute atomic E-state index is 0.102. The summed E-state index contributed by atoms with van der Waals surface area (Å²) in [5, 5.41) is 2.50. The van der Waals surface area contributed by atoms with Gasteiger partial charge in [0.2, 0.25) is 0 Å². The van der Waals surface area contributed by atoms with Crippen LogP contribution in [0.2, 0.25) is 0 Å². The van der Waals surface area contributed by atoms with Crippen molar-refractivity contribution in [2.75, 3.05) is 19.6 Å². The van der Waals surface area contributed by atoms with Crippen molar-refractivity contribution in [3.8, 4) is 0 Å². The van der Waals surface area contributed by atoms with Gasteiger partial charge in [0.25, 0.3) is 0 Å². The molecule has 2 unspecified atom stereocenters. The average molecular weight is 266 g/mol. The number of hydrogen-bond donors (Lipinski definition) is 1. The topological polar surface area (TPSA) is 41.6 Å². The zero-order valence-corrected chi connectivity index (χ0v) is 10.4. The SMILES string of the molecule is CC1(C)C(C(F)(F)F)CCN1CC1CNC(=O)O1. The Kier molecular flexibility index (Phi) is 3.21. The van der Waals surface area contributed by atoms with Crippen molar-refractivity contribution in [3.63, 3.8) is 0 Å². The molecule has 2 rings (SSSR count). The molecule has 0 aromatic rings. The van der Waals surface area contributed by atoms with Crippen LogP contribution < -0.4 is 5.32 Å². The number of carbonyl (C=O) groups is 1. The number of rotatable bonds is 2. The zero-order chi connectivity index (χ0) is 13.6. The maximum atomic E-state index is 12.9. The van der Waals surface area contributed by atoms with Crippen molar-refractivity contribution >= 4 is 6.09 Å². The first-order valence-corrected chi connectivity index (χ1v) is 5.97. The standard InChI is InChI=1S/C11H17F3N2O2/c1-10(2)8(11(12,13)14)3-4-16(10)6-7-5-15-9(17)18-7/h7-8H,3-6H2,1-2H3,(H,15,17). The molecule has 2 aliphatic rings. The fourth-order valence-corrected chi connectivity index (χ4v) is 2.82. The lowest BCUT2D eigenvalue weighted by molar-refractivity contribution is -0.192. The molecule has 7 heteroatoms. The van der Waals surface area contributed by atoms with E-state index in [4.69, 9.17) is 4.74 Å². The summed E-state index contributed by atoms with van der Waals surface area (Å²) in [5.74, 6) is -1.32. The number of likely N-dealkylation sites (tertiary alicyclic amines) is 1. The highest BCUT2D eigenvalue weighted by Crippen LogP contribution is 2.44. The van der Waals surface area contributed by atoms with E-state index in [9.17, 15) is 18.0 Å². The lowest BCUT2D eigenvalue weighted by Crippen LogP contribution is -2.49. The summed E-state index contributed by atoms with van der Waals surface area (Å²) in [7, 11) is 0. The number of alkyl carbamates (subject to hydrolysis) is 1. The fourth-order valence-electron chi connectivity index (χ4n) is 2.82. The van der Waals surface area contributed by atoms with Gasteiger partial charge in [-0.1, -0.05) is 0 Å². The molecule has 0 bridgehead atoms. The molecule has 4 nitrogen and oxygen atoms in total.